The Morgan fingerprint density at radius 3 is 2.77 bits per heavy atom. The maximum atomic E-state index is 11.2. The number of nitrogens with one attached hydrogen (secondary N) is 1. The normalized spacial score (nSPS) is 21.1. The molecule has 0 aromatic carbocycles. The van der Waals surface area contributed by atoms with E-state index in [0.717, 1.165) is 6.54 Å². The van der Waals surface area contributed by atoms with Crippen LogP contribution in [0.1, 0.15) is 19.8 Å². The van der Waals surface area contributed by atoms with Crippen molar-refractivity contribution in [3.63, 3.8) is 0 Å². The van der Waals surface area contributed by atoms with Gasteiger partial charge in [0.2, 0.25) is 5.91 Å². The summed E-state index contributed by atoms with van der Waals surface area (Å²) in [4.78, 5) is 11.2. The Hall–Kier alpha value is 0.170. The van der Waals surface area contributed by atoms with Crippen molar-refractivity contribution in [1.82, 2.24) is 5.32 Å². The lowest BCUT2D eigenvalue weighted by Gasteiger charge is -2.21. The summed E-state index contributed by atoms with van der Waals surface area (Å²) in [5, 5.41) is 2.74. The number of hydrogen-bond donors (Lipinski definition) is 2. The molecule has 0 aliphatic carbocycles. The van der Waals surface area contributed by atoms with E-state index in [1.807, 2.05) is 11.8 Å². The van der Waals surface area contributed by atoms with Crippen LogP contribution >= 0.6 is 24.4 Å². The fraction of sp³-hybridized carbons (Fsp3) is 0.889. The van der Waals surface area contributed by atoms with Gasteiger partial charge in [0.1, 0.15) is 0 Å². The molecule has 13 heavy (non-hydrogen) atoms. The Labute approximate surface area is 89.6 Å². The number of rotatable bonds is 3. The molecule has 0 aromatic heterocycles. The van der Waals surface area contributed by atoms with E-state index in [1.54, 1.807) is 6.92 Å². The Bertz CT molecular complexity index is 167. The number of thioether (sulfide) groups is 1. The number of carbonyl (C=O) groups is 1. The van der Waals surface area contributed by atoms with Crippen LogP contribution in [0.4, 0.5) is 0 Å². The first-order chi connectivity index (χ1) is 6.20. The van der Waals surface area contributed by atoms with Gasteiger partial charge in [-0.3, -0.25) is 4.79 Å². The monoisotopic (exact) mass is 219 g/mol. The van der Waals surface area contributed by atoms with Crippen LogP contribution in [0.2, 0.25) is 0 Å². The van der Waals surface area contributed by atoms with Gasteiger partial charge in [0.25, 0.3) is 0 Å². The molecule has 0 spiro atoms. The first kappa shape index (κ1) is 11.2. The molecule has 1 aliphatic heterocycles. The fourth-order valence-electron chi connectivity index (χ4n) is 1.34. The van der Waals surface area contributed by atoms with Crippen LogP contribution in [-0.2, 0) is 4.79 Å². The van der Waals surface area contributed by atoms with Crippen LogP contribution in [0, 0.1) is 5.92 Å². The summed E-state index contributed by atoms with van der Waals surface area (Å²) >= 11 is 6.09. The van der Waals surface area contributed by atoms with Gasteiger partial charge >= 0.3 is 0 Å². The Morgan fingerprint density at radius 1 is 1.62 bits per heavy atom. The van der Waals surface area contributed by atoms with E-state index in [2.05, 4.69) is 17.9 Å². The summed E-state index contributed by atoms with van der Waals surface area (Å²) in [5.41, 5.74) is 0. The molecule has 1 aliphatic rings. The molecular formula is C9H17NOS2. The van der Waals surface area contributed by atoms with Crippen LogP contribution in [0.15, 0.2) is 0 Å². The van der Waals surface area contributed by atoms with Crippen LogP contribution in [0.3, 0.4) is 0 Å². The van der Waals surface area contributed by atoms with Gasteiger partial charge in [-0.15, -0.1) is 0 Å². The SMILES string of the molecule is CC(S)C(=O)NCC1CCSCC1. The van der Waals surface area contributed by atoms with Crippen molar-refractivity contribution < 1.29 is 4.79 Å². The summed E-state index contributed by atoms with van der Waals surface area (Å²) < 4.78 is 0. The molecule has 1 unspecified atom stereocenters. The highest BCUT2D eigenvalue weighted by Gasteiger charge is 2.15. The summed E-state index contributed by atoms with van der Waals surface area (Å²) in [6, 6.07) is 0. The topological polar surface area (TPSA) is 29.1 Å². The lowest BCUT2D eigenvalue weighted by atomic mass is 10.0. The Kier molecular flexibility index (Phi) is 5.02. The highest BCUT2D eigenvalue weighted by molar-refractivity contribution is 7.99. The molecule has 4 heteroatoms. The van der Waals surface area contributed by atoms with Crippen molar-refractivity contribution in [2.24, 2.45) is 5.92 Å². The van der Waals surface area contributed by atoms with Crippen LogP contribution in [0.5, 0.6) is 0 Å². The van der Waals surface area contributed by atoms with Gasteiger partial charge in [-0.05, 0) is 37.2 Å². The van der Waals surface area contributed by atoms with Gasteiger partial charge in [-0.2, -0.15) is 24.4 Å². The van der Waals surface area contributed by atoms with E-state index in [4.69, 9.17) is 0 Å². The molecule has 0 radical (unpaired) electrons. The van der Waals surface area contributed by atoms with Gasteiger partial charge < -0.3 is 5.32 Å². The van der Waals surface area contributed by atoms with Crippen molar-refractivity contribution in [1.29, 1.82) is 0 Å². The molecule has 1 atom stereocenters. The zero-order chi connectivity index (χ0) is 9.68. The van der Waals surface area contributed by atoms with E-state index in [-0.39, 0.29) is 11.2 Å². The second-order valence-corrected chi connectivity index (χ2v) is 5.48. The highest BCUT2D eigenvalue weighted by Crippen LogP contribution is 2.21. The first-order valence-electron chi connectivity index (χ1n) is 4.73. The Balaban J connectivity index is 2.13. The molecule has 76 valence electrons. The largest absolute Gasteiger partial charge is 0.355 e. The zero-order valence-electron chi connectivity index (χ0n) is 7.95. The molecule has 1 heterocycles. The average molecular weight is 219 g/mol. The molecule has 0 saturated carbocycles. The minimum atomic E-state index is -0.182. The van der Waals surface area contributed by atoms with Crippen LogP contribution in [-0.4, -0.2) is 29.2 Å². The number of thiol groups is 1. The third-order valence-electron chi connectivity index (χ3n) is 2.29. The van der Waals surface area contributed by atoms with Gasteiger partial charge in [0.15, 0.2) is 0 Å². The van der Waals surface area contributed by atoms with E-state index in [1.165, 1.54) is 24.3 Å². The third kappa shape index (κ3) is 4.27. The van der Waals surface area contributed by atoms with Crippen LogP contribution in [0.25, 0.3) is 0 Å². The molecule has 0 bridgehead atoms. The highest BCUT2D eigenvalue weighted by atomic mass is 32.2. The first-order valence-corrected chi connectivity index (χ1v) is 6.41. The number of amides is 1. The summed E-state index contributed by atoms with van der Waals surface area (Å²) in [5.74, 6) is 3.24. The van der Waals surface area contributed by atoms with E-state index in [0.29, 0.717) is 5.92 Å². The van der Waals surface area contributed by atoms with Crippen LogP contribution < -0.4 is 5.32 Å². The summed E-state index contributed by atoms with van der Waals surface area (Å²) in [6.45, 7) is 2.64. The molecule has 1 N–H and O–H groups in total. The predicted molar refractivity (Wildman–Crippen MR) is 61.5 cm³/mol. The molecule has 1 saturated heterocycles. The van der Waals surface area contributed by atoms with Gasteiger partial charge in [-0.1, -0.05) is 0 Å². The number of carbonyl (C=O) groups excluding carboxylic acids is 1. The fourth-order valence-corrected chi connectivity index (χ4v) is 2.64. The van der Waals surface area contributed by atoms with E-state index in [9.17, 15) is 4.79 Å². The maximum absolute atomic E-state index is 11.2. The average Bonchev–Trinajstić information content (AvgIpc) is 2.15. The van der Waals surface area contributed by atoms with Gasteiger partial charge in [-0.25, -0.2) is 0 Å². The Morgan fingerprint density at radius 2 is 2.23 bits per heavy atom. The quantitative estimate of drug-likeness (QED) is 0.706. The molecule has 1 rings (SSSR count). The maximum Gasteiger partial charge on any atom is 0.232 e. The lowest BCUT2D eigenvalue weighted by molar-refractivity contribution is -0.120. The van der Waals surface area contributed by atoms with Crippen molar-refractivity contribution >= 4 is 30.3 Å². The number of hydrogen-bond acceptors (Lipinski definition) is 3. The molecule has 1 fully saturated rings. The van der Waals surface area contributed by atoms with E-state index >= 15 is 0 Å². The van der Waals surface area contributed by atoms with Crippen molar-refractivity contribution in [2.45, 2.75) is 25.0 Å². The molecular weight excluding hydrogens is 202 g/mol. The van der Waals surface area contributed by atoms with E-state index < -0.39 is 0 Å². The smallest absolute Gasteiger partial charge is 0.232 e. The summed E-state index contributed by atoms with van der Waals surface area (Å²) in [7, 11) is 0. The molecule has 0 aromatic rings. The van der Waals surface area contributed by atoms with Gasteiger partial charge in [0, 0.05) is 6.54 Å². The van der Waals surface area contributed by atoms with Crippen molar-refractivity contribution in [3.8, 4) is 0 Å². The second-order valence-electron chi connectivity index (χ2n) is 3.48. The third-order valence-corrected chi connectivity index (χ3v) is 3.57. The standard InChI is InChI=1S/C9H17NOS2/c1-7(12)9(11)10-6-8-2-4-13-5-3-8/h7-8,12H,2-6H2,1H3,(H,10,11). The minimum absolute atomic E-state index is 0.0570. The molecule has 2 nitrogen and oxygen atoms in total. The lowest BCUT2D eigenvalue weighted by Crippen LogP contribution is -2.34. The molecule has 1 amide bonds. The predicted octanol–water partition coefficient (Wildman–Crippen LogP) is 1.56. The minimum Gasteiger partial charge on any atom is -0.355 e. The second kappa shape index (κ2) is 5.81. The zero-order valence-corrected chi connectivity index (χ0v) is 9.66. The van der Waals surface area contributed by atoms with Crippen molar-refractivity contribution in [3.05, 3.63) is 0 Å². The summed E-state index contributed by atoms with van der Waals surface area (Å²) in [6.07, 6.45) is 2.48. The van der Waals surface area contributed by atoms with Gasteiger partial charge in [0.05, 0.1) is 5.25 Å². The van der Waals surface area contributed by atoms with Crippen molar-refractivity contribution in [2.75, 3.05) is 18.1 Å².